The number of halogens is 3. The van der Waals surface area contributed by atoms with Crippen LogP contribution in [0.15, 0.2) is 33.3 Å². The van der Waals surface area contributed by atoms with E-state index in [4.69, 9.17) is 10.5 Å². The molecule has 0 fully saturated rings. The molecule has 108 valence electrons. The van der Waals surface area contributed by atoms with E-state index in [0.29, 0.717) is 23.2 Å². The van der Waals surface area contributed by atoms with Crippen molar-refractivity contribution in [1.82, 2.24) is 9.78 Å². The fraction of sp³-hybridized carbons (Fsp3) is 0.308. The molecule has 0 bridgehead atoms. The molecule has 1 aromatic carbocycles. The van der Waals surface area contributed by atoms with Gasteiger partial charge in [-0.15, -0.1) is 0 Å². The van der Waals surface area contributed by atoms with Gasteiger partial charge in [-0.25, -0.2) is 4.39 Å². The van der Waals surface area contributed by atoms with Gasteiger partial charge in [0.1, 0.15) is 5.82 Å². The van der Waals surface area contributed by atoms with Crippen molar-refractivity contribution >= 4 is 31.9 Å². The Bertz CT molecular complexity index is 603. The van der Waals surface area contributed by atoms with Crippen molar-refractivity contribution in [1.29, 1.82) is 0 Å². The van der Waals surface area contributed by atoms with Crippen LogP contribution in [0.5, 0.6) is 0 Å². The third-order valence-electron chi connectivity index (χ3n) is 2.93. The Balaban J connectivity index is 2.37. The van der Waals surface area contributed by atoms with Crippen molar-refractivity contribution in [2.45, 2.75) is 12.6 Å². The molecule has 0 saturated heterocycles. The summed E-state index contributed by atoms with van der Waals surface area (Å²) >= 11 is 6.64. The number of ether oxygens (including phenoxy) is 1. The molecule has 0 aliphatic heterocycles. The SMILES string of the molecule is COCCn1ncc(Br)c1C(N)c1ccc(Br)cc1F. The molecule has 0 aliphatic rings. The van der Waals surface area contributed by atoms with E-state index in [9.17, 15) is 4.39 Å². The lowest BCUT2D eigenvalue weighted by molar-refractivity contribution is 0.182. The minimum Gasteiger partial charge on any atom is -0.383 e. The molecule has 0 radical (unpaired) electrons. The van der Waals surface area contributed by atoms with Crippen LogP contribution in [0.3, 0.4) is 0 Å². The van der Waals surface area contributed by atoms with E-state index >= 15 is 0 Å². The summed E-state index contributed by atoms with van der Waals surface area (Å²) in [7, 11) is 1.62. The van der Waals surface area contributed by atoms with Gasteiger partial charge in [-0.3, -0.25) is 4.68 Å². The highest BCUT2D eigenvalue weighted by molar-refractivity contribution is 9.10. The van der Waals surface area contributed by atoms with Crippen LogP contribution in [0.2, 0.25) is 0 Å². The van der Waals surface area contributed by atoms with Gasteiger partial charge in [0.25, 0.3) is 0 Å². The Kier molecular flexibility index (Phi) is 5.31. The molecule has 1 atom stereocenters. The average Bonchev–Trinajstić information content (AvgIpc) is 2.77. The number of rotatable bonds is 5. The number of hydrogen-bond donors (Lipinski definition) is 1. The zero-order valence-electron chi connectivity index (χ0n) is 10.8. The first kappa shape index (κ1) is 15.6. The van der Waals surface area contributed by atoms with E-state index in [0.717, 1.165) is 10.2 Å². The number of benzene rings is 1. The Morgan fingerprint density at radius 2 is 2.20 bits per heavy atom. The summed E-state index contributed by atoms with van der Waals surface area (Å²) in [6.45, 7) is 1.07. The number of aromatic nitrogens is 2. The molecular formula is C13H14Br2FN3O. The fourth-order valence-electron chi connectivity index (χ4n) is 1.94. The molecule has 2 aromatic rings. The van der Waals surface area contributed by atoms with Gasteiger partial charge in [-0.05, 0) is 28.1 Å². The minimum absolute atomic E-state index is 0.349. The molecular weight excluding hydrogens is 393 g/mol. The van der Waals surface area contributed by atoms with Crippen LogP contribution < -0.4 is 5.73 Å². The molecule has 1 unspecified atom stereocenters. The smallest absolute Gasteiger partial charge is 0.129 e. The quantitative estimate of drug-likeness (QED) is 0.829. The predicted molar refractivity (Wildman–Crippen MR) is 81.9 cm³/mol. The molecule has 1 heterocycles. The molecule has 2 rings (SSSR count). The lowest BCUT2D eigenvalue weighted by Gasteiger charge is -2.16. The van der Waals surface area contributed by atoms with E-state index in [1.54, 1.807) is 30.1 Å². The first-order chi connectivity index (χ1) is 9.54. The Hall–Kier alpha value is -0.760. The normalized spacial score (nSPS) is 12.7. The van der Waals surface area contributed by atoms with Gasteiger partial charge in [-0.2, -0.15) is 5.10 Å². The molecule has 20 heavy (non-hydrogen) atoms. The van der Waals surface area contributed by atoms with Gasteiger partial charge in [0.2, 0.25) is 0 Å². The summed E-state index contributed by atoms with van der Waals surface area (Å²) in [5.41, 5.74) is 7.35. The van der Waals surface area contributed by atoms with Crippen LogP contribution in [-0.4, -0.2) is 23.5 Å². The molecule has 0 amide bonds. The maximum atomic E-state index is 14.0. The zero-order valence-corrected chi connectivity index (χ0v) is 14.0. The van der Waals surface area contributed by atoms with Crippen LogP contribution in [-0.2, 0) is 11.3 Å². The maximum Gasteiger partial charge on any atom is 0.129 e. The van der Waals surface area contributed by atoms with E-state index < -0.39 is 6.04 Å². The second-order valence-electron chi connectivity index (χ2n) is 4.24. The Morgan fingerprint density at radius 1 is 1.45 bits per heavy atom. The number of nitrogens with zero attached hydrogens (tertiary/aromatic N) is 2. The van der Waals surface area contributed by atoms with Gasteiger partial charge in [0, 0.05) is 17.1 Å². The highest BCUT2D eigenvalue weighted by Gasteiger charge is 2.21. The first-order valence-corrected chi connectivity index (χ1v) is 7.54. The second kappa shape index (κ2) is 6.80. The maximum absolute atomic E-state index is 14.0. The summed E-state index contributed by atoms with van der Waals surface area (Å²) in [6.07, 6.45) is 1.65. The van der Waals surface area contributed by atoms with Gasteiger partial charge in [-0.1, -0.05) is 22.0 Å². The second-order valence-corrected chi connectivity index (χ2v) is 6.01. The number of hydrogen-bond acceptors (Lipinski definition) is 3. The Labute approximate surface area is 133 Å². The fourth-order valence-corrected chi connectivity index (χ4v) is 2.81. The van der Waals surface area contributed by atoms with Crippen LogP contribution in [0.4, 0.5) is 4.39 Å². The third-order valence-corrected chi connectivity index (χ3v) is 4.04. The molecule has 7 heteroatoms. The topological polar surface area (TPSA) is 53.1 Å². The predicted octanol–water partition coefficient (Wildman–Crippen LogP) is 3.24. The van der Waals surface area contributed by atoms with Gasteiger partial charge in [0.05, 0.1) is 35.6 Å². The summed E-state index contributed by atoms with van der Waals surface area (Å²) in [6, 6.07) is 4.24. The van der Waals surface area contributed by atoms with Crippen molar-refractivity contribution < 1.29 is 9.13 Å². The van der Waals surface area contributed by atoms with Crippen LogP contribution in [0, 0.1) is 5.82 Å². The summed E-state index contributed by atoms with van der Waals surface area (Å²) in [5, 5.41) is 4.23. The first-order valence-electron chi connectivity index (χ1n) is 5.95. The third kappa shape index (κ3) is 3.28. The largest absolute Gasteiger partial charge is 0.383 e. The van der Waals surface area contributed by atoms with Gasteiger partial charge >= 0.3 is 0 Å². The van der Waals surface area contributed by atoms with Crippen molar-refractivity contribution in [3.8, 4) is 0 Å². The highest BCUT2D eigenvalue weighted by Crippen LogP contribution is 2.29. The zero-order chi connectivity index (χ0) is 14.7. The van der Waals surface area contributed by atoms with Crippen LogP contribution in [0.25, 0.3) is 0 Å². The average molecular weight is 407 g/mol. The standard InChI is InChI=1S/C13H14Br2FN3O/c1-20-5-4-19-13(10(15)7-18-19)12(17)9-3-2-8(14)6-11(9)16/h2-3,6-7,12H,4-5,17H2,1H3. The van der Waals surface area contributed by atoms with E-state index in [1.807, 2.05) is 0 Å². The lowest BCUT2D eigenvalue weighted by atomic mass is 10.0. The van der Waals surface area contributed by atoms with Crippen LogP contribution in [0.1, 0.15) is 17.3 Å². The number of nitrogens with two attached hydrogens (primary N) is 1. The van der Waals surface area contributed by atoms with E-state index in [1.165, 1.54) is 6.07 Å². The number of methoxy groups -OCH3 is 1. The van der Waals surface area contributed by atoms with E-state index in [-0.39, 0.29) is 5.82 Å². The molecule has 0 aliphatic carbocycles. The Morgan fingerprint density at radius 3 is 2.85 bits per heavy atom. The summed E-state index contributed by atoms with van der Waals surface area (Å²) in [5.74, 6) is -0.349. The van der Waals surface area contributed by atoms with Crippen molar-refractivity contribution in [2.24, 2.45) is 5.73 Å². The lowest BCUT2D eigenvalue weighted by Crippen LogP contribution is -2.20. The monoisotopic (exact) mass is 405 g/mol. The van der Waals surface area contributed by atoms with Crippen LogP contribution >= 0.6 is 31.9 Å². The van der Waals surface area contributed by atoms with Crippen molar-refractivity contribution in [3.05, 3.63) is 50.4 Å². The molecule has 1 aromatic heterocycles. The molecule has 0 saturated carbocycles. The molecule has 0 spiro atoms. The van der Waals surface area contributed by atoms with Gasteiger partial charge in [0.15, 0.2) is 0 Å². The highest BCUT2D eigenvalue weighted by atomic mass is 79.9. The van der Waals surface area contributed by atoms with Crippen molar-refractivity contribution in [2.75, 3.05) is 13.7 Å². The molecule has 2 N–H and O–H groups in total. The van der Waals surface area contributed by atoms with E-state index in [2.05, 4.69) is 37.0 Å². The molecule has 4 nitrogen and oxygen atoms in total. The van der Waals surface area contributed by atoms with Crippen molar-refractivity contribution in [3.63, 3.8) is 0 Å². The summed E-state index contributed by atoms with van der Waals surface area (Å²) in [4.78, 5) is 0. The van der Waals surface area contributed by atoms with Gasteiger partial charge < -0.3 is 10.5 Å². The summed E-state index contributed by atoms with van der Waals surface area (Å²) < 4.78 is 22.2. The minimum atomic E-state index is -0.600.